The summed E-state index contributed by atoms with van der Waals surface area (Å²) in [5.74, 6) is 1.29. The van der Waals surface area contributed by atoms with Crippen LogP contribution in [-0.4, -0.2) is 60.8 Å². The number of benzene rings is 1. The smallest absolute Gasteiger partial charge is 0.228 e. The molecule has 0 radical (unpaired) electrons. The zero-order chi connectivity index (χ0) is 17.5. The van der Waals surface area contributed by atoms with Crippen LogP contribution in [0.5, 0.6) is 11.6 Å². The fourth-order valence-electron chi connectivity index (χ4n) is 2.73. The van der Waals surface area contributed by atoms with E-state index in [4.69, 9.17) is 9.47 Å². The van der Waals surface area contributed by atoms with Crippen LogP contribution in [0.25, 0.3) is 0 Å². The number of halogens is 1. The topological polar surface area (TPSA) is 50.7 Å². The molecule has 0 atom stereocenters. The number of aromatic nitrogens is 2. The lowest BCUT2D eigenvalue weighted by Gasteiger charge is -2.34. The van der Waals surface area contributed by atoms with Crippen molar-refractivity contribution in [3.63, 3.8) is 0 Å². The molecule has 7 heteroatoms. The van der Waals surface area contributed by atoms with Gasteiger partial charge in [0.25, 0.3) is 0 Å². The number of piperazine rings is 1. The molecule has 0 bridgehead atoms. The Kier molecular flexibility index (Phi) is 6.00. The third-order valence-electron chi connectivity index (χ3n) is 4.07. The molecule has 1 aromatic carbocycles. The van der Waals surface area contributed by atoms with Gasteiger partial charge in [-0.2, -0.15) is 4.98 Å². The third kappa shape index (κ3) is 4.79. The van der Waals surface area contributed by atoms with Gasteiger partial charge in [-0.1, -0.05) is 12.1 Å². The molecule has 2 heterocycles. The Morgan fingerprint density at radius 2 is 1.88 bits per heavy atom. The number of anilines is 1. The standard InChI is InChI=1S/C18H23FN4O2/c1-2-24-17-7-8-20-18(21-17)23-11-9-22(10-12-23)13-14-25-16-6-4-3-5-15(16)19/h3-8H,2,9-14H2,1H3. The summed E-state index contributed by atoms with van der Waals surface area (Å²) < 4.78 is 24.5. The molecule has 0 saturated carbocycles. The lowest BCUT2D eigenvalue weighted by Crippen LogP contribution is -2.48. The van der Waals surface area contributed by atoms with E-state index < -0.39 is 0 Å². The fraction of sp³-hybridized carbons (Fsp3) is 0.444. The van der Waals surface area contributed by atoms with E-state index in [1.165, 1.54) is 6.07 Å². The van der Waals surface area contributed by atoms with Crippen molar-refractivity contribution in [1.82, 2.24) is 14.9 Å². The summed E-state index contributed by atoms with van der Waals surface area (Å²) in [6, 6.07) is 8.25. The van der Waals surface area contributed by atoms with Crippen molar-refractivity contribution < 1.29 is 13.9 Å². The molecule has 0 N–H and O–H groups in total. The fourth-order valence-corrected chi connectivity index (χ4v) is 2.73. The van der Waals surface area contributed by atoms with Crippen molar-refractivity contribution in [2.45, 2.75) is 6.92 Å². The first kappa shape index (κ1) is 17.4. The van der Waals surface area contributed by atoms with Crippen LogP contribution in [0.2, 0.25) is 0 Å². The summed E-state index contributed by atoms with van der Waals surface area (Å²) in [6.45, 7) is 7.23. The normalized spacial score (nSPS) is 15.2. The molecular formula is C18H23FN4O2. The number of ether oxygens (including phenoxy) is 2. The summed E-state index contributed by atoms with van der Waals surface area (Å²) in [7, 11) is 0. The number of nitrogens with zero attached hydrogens (tertiary/aromatic N) is 4. The Labute approximate surface area is 147 Å². The Morgan fingerprint density at radius 1 is 1.08 bits per heavy atom. The van der Waals surface area contributed by atoms with Gasteiger partial charge in [0, 0.05) is 45.0 Å². The highest BCUT2D eigenvalue weighted by molar-refractivity contribution is 5.32. The Morgan fingerprint density at radius 3 is 2.64 bits per heavy atom. The van der Waals surface area contributed by atoms with Crippen LogP contribution in [0.1, 0.15) is 6.92 Å². The molecule has 0 amide bonds. The predicted octanol–water partition coefficient (Wildman–Crippen LogP) is 2.22. The molecule has 1 aliphatic heterocycles. The SMILES string of the molecule is CCOc1ccnc(N2CCN(CCOc3ccccc3F)CC2)n1. The van der Waals surface area contributed by atoms with Gasteiger partial charge in [0.15, 0.2) is 11.6 Å². The molecule has 25 heavy (non-hydrogen) atoms. The van der Waals surface area contributed by atoms with Gasteiger partial charge in [-0.3, -0.25) is 4.90 Å². The van der Waals surface area contributed by atoms with Gasteiger partial charge in [0.1, 0.15) is 6.61 Å². The molecule has 1 aliphatic rings. The van der Waals surface area contributed by atoms with Crippen LogP contribution in [0, 0.1) is 5.82 Å². The number of hydrogen-bond acceptors (Lipinski definition) is 6. The molecule has 2 aromatic rings. The van der Waals surface area contributed by atoms with E-state index in [2.05, 4.69) is 19.8 Å². The van der Waals surface area contributed by atoms with Crippen LogP contribution in [-0.2, 0) is 0 Å². The average Bonchev–Trinajstić information content (AvgIpc) is 2.64. The van der Waals surface area contributed by atoms with E-state index in [1.54, 1.807) is 30.5 Å². The van der Waals surface area contributed by atoms with E-state index in [0.29, 0.717) is 30.8 Å². The lowest BCUT2D eigenvalue weighted by atomic mass is 10.3. The van der Waals surface area contributed by atoms with Gasteiger partial charge in [0.05, 0.1) is 6.61 Å². The summed E-state index contributed by atoms with van der Waals surface area (Å²) in [5, 5.41) is 0. The maximum Gasteiger partial charge on any atom is 0.228 e. The summed E-state index contributed by atoms with van der Waals surface area (Å²) in [5.41, 5.74) is 0. The predicted molar refractivity (Wildman–Crippen MR) is 93.7 cm³/mol. The first-order valence-electron chi connectivity index (χ1n) is 8.56. The van der Waals surface area contributed by atoms with Gasteiger partial charge >= 0.3 is 0 Å². The molecule has 0 aliphatic carbocycles. The quantitative estimate of drug-likeness (QED) is 0.766. The van der Waals surface area contributed by atoms with Crippen molar-refractivity contribution in [1.29, 1.82) is 0 Å². The average molecular weight is 346 g/mol. The lowest BCUT2D eigenvalue weighted by molar-refractivity contribution is 0.196. The Balaban J connectivity index is 1.44. The number of rotatable bonds is 7. The molecule has 3 rings (SSSR count). The van der Waals surface area contributed by atoms with E-state index in [0.717, 1.165) is 32.7 Å². The van der Waals surface area contributed by atoms with E-state index in [-0.39, 0.29) is 5.82 Å². The van der Waals surface area contributed by atoms with Crippen molar-refractivity contribution in [2.24, 2.45) is 0 Å². The van der Waals surface area contributed by atoms with Gasteiger partial charge in [-0.15, -0.1) is 0 Å². The van der Waals surface area contributed by atoms with Crippen molar-refractivity contribution in [3.8, 4) is 11.6 Å². The van der Waals surface area contributed by atoms with Gasteiger partial charge in [0.2, 0.25) is 11.8 Å². The first-order chi connectivity index (χ1) is 12.3. The summed E-state index contributed by atoms with van der Waals surface area (Å²) in [6.07, 6.45) is 1.72. The Hall–Kier alpha value is -2.41. The molecule has 0 unspecified atom stereocenters. The monoisotopic (exact) mass is 346 g/mol. The van der Waals surface area contributed by atoms with Crippen molar-refractivity contribution in [2.75, 3.05) is 50.8 Å². The minimum atomic E-state index is -0.321. The van der Waals surface area contributed by atoms with E-state index in [9.17, 15) is 4.39 Å². The second-order valence-corrected chi connectivity index (χ2v) is 5.74. The summed E-state index contributed by atoms with van der Waals surface area (Å²) >= 11 is 0. The number of hydrogen-bond donors (Lipinski definition) is 0. The van der Waals surface area contributed by atoms with E-state index >= 15 is 0 Å². The number of para-hydroxylation sites is 1. The maximum atomic E-state index is 13.5. The zero-order valence-corrected chi connectivity index (χ0v) is 14.4. The zero-order valence-electron chi connectivity index (χ0n) is 14.4. The van der Waals surface area contributed by atoms with Crippen LogP contribution in [0.3, 0.4) is 0 Å². The van der Waals surface area contributed by atoms with Crippen molar-refractivity contribution in [3.05, 3.63) is 42.3 Å². The minimum Gasteiger partial charge on any atom is -0.489 e. The second kappa shape index (κ2) is 8.62. The van der Waals surface area contributed by atoms with Crippen molar-refractivity contribution >= 4 is 5.95 Å². The van der Waals surface area contributed by atoms with Crippen LogP contribution >= 0.6 is 0 Å². The van der Waals surface area contributed by atoms with Gasteiger partial charge < -0.3 is 14.4 Å². The molecule has 134 valence electrons. The highest BCUT2D eigenvalue weighted by atomic mass is 19.1. The minimum absolute atomic E-state index is 0.308. The molecule has 6 nitrogen and oxygen atoms in total. The largest absolute Gasteiger partial charge is 0.489 e. The molecule has 1 fully saturated rings. The van der Waals surface area contributed by atoms with Gasteiger partial charge in [-0.25, -0.2) is 9.37 Å². The molecule has 0 spiro atoms. The van der Waals surface area contributed by atoms with Crippen LogP contribution < -0.4 is 14.4 Å². The maximum absolute atomic E-state index is 13.5. The molecular weight excluding hydrogens is 323 g/mol. The van der Waals surface area contributed by atoms with Gasteiger partial charge in [-0.05, 0) is 19.1 Å². The van der Waals surface area contributed by atoms with E-state index in [1.807, 2.05) is 6.92 Å². The first-order valence-corrected chi connectivity index (χ1v) is 8.56. The third-order valence-corrected chi connectivity index (χ3v) is 4.07. The van der Waals surface area contributed by atoms with Crippen LogP contribution in [0.4, 0.5) is 10.3 Å². The second-order valence-electron chi connectivity index (χ2n) is 5.74. The van der Waals surface area contributed by atoms with Crippen LogP contribution in [0.15, 0.2) is 36.5 Å². The highest BCUT2D eigenvalue weighted by Gasteiger charge is 2.19. The molecule has 1 aromatic heterocycles. The summed E-state index contributed by atoms with van der Waals surface area (Å²) in [4.78, 5) is 13.2. The Bertz CT molecular complexity index is 678. The highest BCUT2D eigenvalue weighted by Crippen LogP contribution is 2.16. The molecule has 1 saturated heterocycles.